The fourth-order valence-electron chi connectivity index (χ4n) is 1.67. The highest BCUT2D eigenvalue weighted by atomic mass is 35.5. The average Bonchev–Trinajstić information content (AvgIpc) is 2.32. The Kier molecular flexibility index (Phi) is 3.83. The smallest absolute Gasteiger partial charge is 0.162 e. The van der Waals surface area contributed by atoms with Crippen LogP contribution < -0.4 is 0 Å². The molecule has 1 aromatic carbocycles. The third-order valence-electron chi connectivity index (χ3n) is 2.69. The fourth-order valence-corrected chi connectivity index (χ4v) is 2.11. The number of benzene rings is 1. The molecule has 0 unspecified atom stereocenters. The lowest BCUT2D eigenvalue weighted by molar-refractivity contribution is 0.628. The van der Waals surface area contributed by atoms with E-state index in [1.165, 1.54) is 12.1 Å². The molecule has 0 saturated heterocycles. The second-order valence-corrected chi connectivity index (χ2v) is 4.65. The van der Waals surface area contributed by atoms with E-state index >= 15 is 0 Å². The average molecular weight is 285 g/mol. The molecular formula is C13H11Cl2FN2. The fraction of sp³-hybridized carbons (Fsp3) is 0.231. The molecule has 0 N–H and O–H groups in total. The molecule has 18 heavy (non-hydrogen) atoms. The molecule has 0 aliphatic carbocycles. The summed E-state index contributed by atoms with van der Waals surface area (Å²) in [5, 5.41) is 0.675. The van der Waals surface area contributed by atoms with Crippen LogP contribution in [-0.2, 0) is 6.42 Å². The quantitative estimate of drug-likeness (QED) is 0.761. The van der Waals surface area contributed by atoms with Gasteiger partial charge in [0.05, 0.1) is 5.02 Å². The van der Waals surface area contributed by atoms with Gasteiger partial charge in [0, 0.05) is 16.8 Å². The van der Waals surface area contributed by atoms with Crippen molar-refractivity contribution >= 4 is 23.2 Å². The first-order valence-corrected chi connectivity index (χ1v) is 6.27. The summed E-state index contributed by atoms with van der Waals surface area (Å²) in [5.41, 5.74) is 2.31. The summed E-state index contributed by atoms with van der Waals surface area (Å²) in [4.78, 5) is 8.60. The van der Waals surface area contributed by atoms with Crippen LogP contribution in [-0.4, -0.2) is 9.97 Å². The van der Waals surface area contributed by atoms with Gasteiger partial charge < -0.3 is 0 Å². The zero-order valence-electron chi connectivity index (χ0n) is 9.97. The van der Waals surface area contributed by atoms with Gasteiger partial charge in [-0.1, -0.05) is 30.1 Å². The summed E-state index contributed by atoms with van der Waals surface area (Å²) in [6.07, 6.45) is 0.750. The zero-order valence-corrected chi connectivity index (χ0v) is 11.5. The maximum absolute atomic E-state index is 13.0. The van der Waals surface area contributed by atoms with Crippen molar-refractivity contribution in [2.24, 2.45) is 0 Å². The number of nitrogens with zero attached hydrogens (tertiary/aromatic N) is 2. The Bertz CT molecular complexity index is 600. The van der Waals surface area contributed by atoms with Crippen molar-refractivity contribution in [3.05, 3.63) is 45.4 Å². The van der Waals surface area contributed by atoms with E-state index in [1.807, 2.05) is 13.8 Å². The highest BCUT2D eigenvalue weighted by Gasteiger charge is 2.12. The molecule has 0 spiro atoms. The van der Waals surface area contributed by atoms with E-state index in [0.717, 1.165) is 17.7 Å². The van der Waals surface area contributed by atoms with Crippen LogP contribution in [0.4, 0.5) is 4.39 Å². The van der Waals surface area contributed by atoms with Crippen LogP contribution in [0.1, 0.15) is 18.2 Å². The van der Waals surface area contributed by atoms with E-state index in [2.05, 4.69) is 9.97 Å². The third kappa shape index (κ3) is 2.47. The van der Waals surface area contributed by atoms with Crippen molar-refractivity contribution < 1.29 is 4.39 Å². The Hall–Kier alpha value is -1.19. The highest BCUT2D eigenvalue weighted by molar-refractivity contribution is 6.33. The number of halogens is 3. The topological polar surface area (TPSA) is 25.8 Å². The molecule has 5 heteroatoms. The molecule has 2 rings (SSSR count). The first kappa shape index (κ1) is 13.2. The van der Waals surface area contributed by atoms with Crippen LogP contribution in [0.2, 0.25) is 10.2 Å². The van der Waals surface area contributed by atoms with E-state index < -0.39 is 5.82 Å². The van der Waals surface area contributed by atoms with Gasteiger partial charge in [-0.25, -0.2) is 14.4 Å². The second-order valence-electron chi connectivity index (χ2n) is 3.89. The number of hydrogen-bond donors (Lipinski definition) is 0. The van der Waals surface area contributed by atoms with Gasteiger partial charge in [-0.05, 0) is 31.5 Å². The minimum absolute atomic E-state index is 0.275. The van der Waals surface area contributed by atoms with Crippen molar-refractivity contribution in [1.29, 1.82) is 0 Å². The predicted molar refractivity (Wildman–Crippen MR) is 71.6 cm³/mol. The molecule has 0 aliphatic heterocycles. The van der Waals surface area contributed by atoms with E-state index in [4.69, 9.17) is 23.2 Å². The molecular weight excluding hydrogens is 274 g/mol. The monoisotopic (exact) mass is 284 g/mol. The molecule has 0 bridgehead atoms. The standard InChI is InChI=1S/C13H11Cl2FN2/c1-3-11-7(2)12(15)18-13(17-11)9-5-4-8(16)6-10(9)14/h4-6H,3H2,1-2H3. The molecule has 2 aromatic rings. The van der Waals surface area contributed by atoms with Crippen molar-refractivity contribution in [2.45, 2.75) is 20.3 Å². The number of aryl methyl sites for hydroxylation is 1. The molecule has 0 amide bonds. The molecule has 94 valence electrons. The van der Waals surface area contributed by atoms with Crippen molar-refractivity contribution in [1.82, 2.24) is 9.97 Å². The zero-order chi connectivity index (χ0) is 13.3. The first-order chi connectivity index (χ1) is 8.52. The van der Waals surface area contributed by atoms with Crippen LogP contribution in [0.15, 0.2) is 18.2 Å². The van der Waals surface area contributed by atoms with Gasteiger partial charge in [0.25, 0.3) is 0 Å². The predicted octanol–water partition coefficient (Wildman–Crippen LogP) is 4.46. The largest absolute Gasteiger partial charge is 0.233 e. The summed E-state index contributed by atoms with van der Waals surface area (Å²) in [6.45, 7) is 3.86. The molecule has 0 atom stereocenters. The Morgan fingerprint density at radius 2 is 1.94 bits per heavy atom. The lowest BCUT2D eigenvalue weighted by atomic mass is 10.1. The maximum Gasteiger partial charge on any atom is 0.162 e. The SMILES string of the molecule is CCc1nc(-c2ccc(F)cc2Cl)nc(Cl)c1C. The maximum atomic E-state index is 13.0. The van der Waals surface area contributed by atoms with Gasteiger partial charge >= 0.3 is 0 Å². The summed E-state index contributed by atoms with van der Waals surface area (Å²) >= 11 is 12.1. The van der Waals surface area contributed by atoms with E-state index in [9.17, 15) is 4.39 Å². The Morgan fingerprint density at radius 3 is 2.56 bits per heavy atom. The summed E-state index contributed by atoms with van der Waals surface area (Å²) in [6, 6.07) is 4.11. The van der Waals surface area contributed by atoms with Crippen molar-refractivity contribution in [2.75, 3.05) is 0 Å². The van der Waals surface area contributed by atoms with Crippen LogP contribution in [0.3, 0.4) is 0 Å². The van der Waals surface area contributed by atoms with E-state index in [0.29, 0.717) is 16.5 Å². The normalized spacial score (nSPS) is 10.7. The Labute approximate surface area is 115 Å². The van der Waals surface area contributed by atoms with Crippen molar-refractivity contribution in [3.63, 3.8) is 0 Å². The van der Waals surface area contributed by atoms with Gasteiger partial charge in [-0.15, -0.1) is 0 Å². The molecule has 0 radical (unpaired) electrons. The molecule has 1 heterocycles. The summed E-state index contributed by atoms with van der Waals surface area (Å²) in [5.74, 6) is 0.0325. The van der Waals surface area contributed by atoms with Gasteiger partial charge in [0.2, 0.25) is 0 Å². The molecule has 0 aliphatic rings. The Morgan fingerprint density at radius 1 is 1.22 bits per heavy atom. The number of hydrogen-bond acceptors (Lipinski definition) is 2. The van der Waals surface area contributed by atoms with Crippen LogP contribution >= 0.6 is 23.2 Å². The van der Waals surface area contributed by atoms with Gasteiger partial charge in [0.15, 0.2) is 5.82 Å². The molecule has 2 nitrogen and oxygen atoms in total. The van der Waals surface area contributed by atoms with Crippen LogP contribution in [0, 0.1) is 12.7 Å². The lowest BCUT2D eigenvalue weighted by Gasteiger charge is -2.08. The lowest BCUT2D eigenvalue weighted by Crippen LogP contribution is -2.00. The highest BCUT2D eigenvalue weighted by Crippen LogP contribution is 2.28. The summed E-state index contributed by atoms with van der Waals surface area (Å²) < 4.78 is 13.0. The minimum atomic E-state index is -0.391. The van der Waals surface area contributed by atoms with Crippen molar-refractivity contribution in [3.8, 4) is 11.4 Å². The van der Waals surface area contributed by atoms with Crippen LogP contribution in [0.25, 0.3) is 11.4 Å². The molecule has 0 fully saturated rings. The summed E-state index contributed by atoms with van der Waals surface area (Å²) in [7, 11) is 0. The van der Waals surface area contributed by atoms with E-state index in [1.54, 1.807) is 6.07 Å². The molecule has 0 saturated carbocycles. The van der Waals surface area contributed by atoms with E-state index in [-0.39, 0.29) is 5.02 Å². The number of rotatable bonds is 2. The van der Waals surface area contributed by atoms with Crippen LogP contribution in [0.5, 0.6) is 0 Å². The van der Waals surface area contributed by atoms with Gasteiger partial charge in [-0.3, -0.25) is 0 Å². The Balaban J connectivity index is 2.60. The van der Waals surface area contributed by atoms with Gasteiger partial charge in [-0.2, -0.15) is 0 Å². The molecule has 1 aromatic heterocycles. The van der Waals surface area contributed by atoms with Gasteiger partial charge in [0.1, 0.15) is 11.0 Å². The second kappa shape index (κ2) is 5.21. The minimum Gasteiger partial charge on any atom is -0.233 e. The number of aromatic nitrogens is 2. The third-order valence-corrected chi connectivity index (χ3v) is 3.37. The first-order valence-electron chi connectivity index (χ1n) is 5.51.